The van der Waals surface area contributed by atoms with E-state index in [0.717, 1.165) is 63.9 Å². The molecule has 2 fully saturated rings. The molecule has 0 radical (unpaired) electrons. The Labute approximate surface area is 155 Å². The summed E-state index contributed by atoms with van der Waals surface area (Å²) in [5, 5.41) is 3.10. The Balaban J connectivity index is 1.63. The standard InChI is InChI=1S/C18H30N6O2/c1-13(2)17(19)18(25)22-14-4-3-5-24(11-14)16-10-15(20-12-21-16)23-6-8-26-9-7-23/h10,12-14,17H,3-9,11,19H2,1-2H3,(H,22,25)/t14?,17-/m0/s1. The van der Waals surface area contributed by atoms with Gasteiger partial charge < -0.3 is 25.6 Å². The maximum absolute atomic E-state index is 12.3. The Morgan fingerprint density at radius 2 is 1.92 bits per heavy atom. The van der Waals surface area contributed by atoms with Crippen molar-refractivity contribution < 1.29 is 9.53 Å². The number of hydrogen-bond acceptors (Lipinski definition) is 7. The molecule has 1 aromatic heterocycles. The highest BCUT2D eigenvalue weighted by Crippen LogP contribution is 2.22. The molecule has 8 heteroatoms. The smallest absolute Gasteiger partial charge is 0.237 e. The van der Waals surface area contributed by atoms with Gasteiger partial charge >= 0.3 is 0 Å². The third-order valence-corrected chi connectivity index (χ3v) is 5.09. The summed E-state index contributed by atoms with van der Waals surface area (Å²) in [5.41, 5.74) is 5.96. The van der Waals surface area contributed by atoms with Crippen molar-refractivity contribution >= 4 is 17.5 Å². The van der Waals surface area contributed by atoms with Gasteiger partial charge in [0.05, 0.1) is 19.3 Å². The zero-order valence-electron chi connectivity index (χ0n) is 15.7. The molecule has 2 saturated heterocycles. The number of ether oxygens (including phenoxy) is 1. The molecule has 26 heavy (non-hydrogen) atoms. The molecule has 0 aliphatic carbocycles. The molecule has 0 aromatic carbocycles. The lowest BCUT2D eigenvalue weighted by Crippen LogP contribution is -2.53. The molecule has 0 saturated carbocycles. The van der Waals surface area contributed by atoms with E-state index in [-0.39, 0.29) is 17.9 Å². The van der Waals surface area contributed by atoms with Crippen LogP contribution in [0.1, 0.15) is 26.7 Å². The van der Waals surface area contributed by atoms with Crippen molar-refractivity contribution in [1.29, 1.82) is 0 Å². The van der Waals surface area contributed by atoms with Crippen molar-refractivity contribution in [2.45, 2.75) is 38.8 Å². The minimum Gasteiger partial charge on any atom is -0.378 e. The third kappa shape index (κ3) is 4.62. The zero-order valence-corrected chi connectivity index (χ0v) is 15.7. The average Bonchev–Trinajstić information content (AvgIpc) is 2.68. The van der Waals surface area contributed by atoms with E-state index in [1.54, 1.807) is 6.33 Å². The first-order valence-corrected chi connectivity index (χ1v) is 9.50. The van der Waals surface area contributed by atoms with Gasteiger partial charge in [-0.15, -0.1) is 0 Å². The highest BCUT2D eigenvalue weighted by molar-refractivity contribution is 5.82. The number of carbonyl (C=O) groups is 1. The van der Waals surface area contributed by atoms with Gasteiger partial charge in [-0.3, -0.25) is 4.79 Å². The lowest BCUT2D eigenvalue weighted by molar-refractivity contribution is -0.124. The quantitative estimate of drug-likeness (QED) is 0.782. The van der Waals surface area contributed by atoms with E-state index in [0.29, 0.717) is 0 Å². The van der Waals surface area contributed by atoms with Gasteiger partial charge in [0, 0.05) is 38.3 Å². The number of piperidine rings is 1. The second-order valence-corrected chi connectivity index (χ2v) is 7.40. The Morgan fingerprint density at radius 3 is 2.62 bits per heavy atom. The van der Waals surface area contributed by atoms with Gasteiger partial charge in [-0.05, 0) is 18.8 Å². The van der Waals surface area contributed by atoms with Crippen LogP contribution in [0.2, 0.25) is 0 Å². The van der Waals surface area contributed by atoms with Crippen LogP contribution in [-0.2, 0) is 9.53 Å². The number of amides is 1. The molecule has 1 amide bonds. The van der Waals surface area contributed by atoms with Crippen molar-refractivity contribution in [2.24, 2.45) is 11.7 Å². The van der Waals surface area contributed by atoms with Crippen LogP contribution in [0.5, 0.6) is 0 Å². The number of rotatable bonds is 5. The molecule has 144 valence electrons. The minimum atomic E-state index is -0.461. The Morgan fingerprint density at radius 1 is 1.23 bits per heavy atom. The number of aromatic nitrogens is 2. The maximum Gasteiger partial charge on any atom is 0.237 e. The molecule has 3 N–H and O–H groups in total. The predicted molar refractivity (Wildman–Crippen MR) is 101 cm³/mol. The third-order valence-electron chi connectivity index (χ3n) is 5.09. The number of nitrogens with one attached hydrogen (secondary N) is 1. The summed E-state index contributed by atoms with van der Waals surface area (Å²) in [6.07, 6.45) is 3.60. The minimum absolute atomic E-state index is 0.0662. The predicted octanol–water partition coefficient (Wildman–Crippen LogP) is 0.382. The molecular weight excluding hydrogens is 332 g/mol. The fraction of sp³-hybridized carbons (Fsp3) is 0.722. The van der Waals surface area contributed by atoms with Crippen molar-refractivity contribution in [3.05, 3.63) is 12.4 Å². The average molecular weight is 362 g/mol. The molecule has 1 aromatic rings. The largest absolute Gasteiger partial charge is 0.378 e. The number of nitrogens with zero attached hydrogens (tertiary/aromatic N) is 4. The fourth-order valence-electron chi connectivity index (χ4n) is 3.38. The van der Waals surface area contributed by atoms with Gasteiger partial charge in [0.2, 0.25) is 5.91 Å². The zero-order chi connectivity index (χ0) is 18.5. The Kier molecular flexibility index (Phi) is 6.26. The second-order valence-electron chi connectivity index (χ2n) is 7.40. The van der Waals surface area contributed by atoms with Gasteiger partial charge in [0.25, 0.3) is 0 Å². The lowest BCUT2D eigenvalue weighted by atomic mass is 10.0. The van der Waals surface area contributed by atoms with Gasteiger partial charge in [-0.2, -0.15) is 0 Å². The van der Waals surface area contributed by atoms with Crippen LogP contribution in [0, 0.1) is 5.92 Å². The molecule has 2 aliphatic heterocycles. The van der Waals surface area contributed by atoms with E-state index in [4.69, 9.17) is 10.5 Å². The first-order chi connectivity index (χ1) is 12.5. The number of nitrogens with two attached hydrogens (primary N) is 1. The molecule has 3 heterocycles. The molecule has 8 nitrogen and oxygen atoms in total. The summed E-state index contributed by atoms with van der Waals surface area (Å²) in [6.45, 7) is 8.76. The summed E-state index contributed by atoms with van der Waals surface area (Å²) in [7, 11) is 0. The number of carbonyl (C=O) groups excluding carboxylic acids is 1. The van der Waals surface area contributed by atoms with Crippen LogP contribution in [-0.4, -0.2) is 67.4 Å². The van der Waals surface area contributed by atoms with E-state index >= 15 is 0 Å². The molecule has 1 unspecified atom stereocenters. The summed E-state index contributed by atoms with van der Waals surface area (Å²) in [6, 6.07) is 1.68. The molecule has 0 bridgehead atoms. The monoisotopic (exact) mass is 362 g/mol. The summed E-state index contributed by atoms with van der Waals surface area (Å²) in [4.78, 5) is 25.6. The van der Waals surface area contributed by atoms with E-state index < -0.39 is 6.04 Å². The second kappa shape index (κ2) is 8.64. The summed E-state index contributed by atoms with van der Waals surface area (Å²) < 4.78 is 5.41. The molecule has 3 rings (SSSR count). The summed E-state index contributed by atoms with van der Waals surface area (Å²) in [5.74, 6) is 1.91. The SMILES string of the molecule is CC(C)[C@H](N)C(=O)NC1CCCN(c2cc(N3CCOCC3)ncn2)C1. The molecular formula is C18H30N6O2. The van der Waals surface area contributed by atoms with E-state index in [1.807, 2.05) is 19.9 Å². The highest BCUT2D eigenvalue weighted by atomic mass is 16.5. The van der Waals surface area contributed by atoms with Crippen molar-refractivity contribution in [3.63, 3.8) is 0 Å². The summed E-state index contributed by atoms with van der Waals surface area (Å²) >= 11 is 0. The van der Waals surface area contributed by atoms with Crippen LogP contribution in [0.4, 0.5) is 11.6 Å². The highest BCUT2D eigenvalue weighted by Gasteiger charge is 2.26. The van der Waals surface area contributed by atoms with Crippen LogP contribution in [0.15, 0.2) is 12.4 Å². The van der Waals surface area contributed by atoms with Crippen molar-refractivity contribution in [2.75, 3.05) is 49.2 Å². The number of hydrogen-bond donors (Lipinski definition) is 2. The van der Waals surface area contributed by atoms with E-state index in [9.17, 15) is 4.79 Å². The van der Waals surface area contributed by atoms with Crippen LogP contribution in [0.3, 0.4) is 0 Å². The van der Waals surface area contributed by atoms with Gasteiger partial charge in [-0.1, -0.05) is 13.8 Å². The molecule has 0 spiro atoms. The van der Waals surface area contributed by atoms with E-state index in [2.05, 4.69) is 25.1 Å². The Hall–Kier alpha value is -1.93. The van der Waals surface area contributed by atoms with E-state index in [1.165, 1.54) is 0 Å². The maximum atomic E-state index is 12.3. The van der Waals surface area contributed by atoms with Gasteiger partial charge in [-0.25, -0.2) is 9.97 Å². The van der Waals surface area contributed by atoms with Crippen LogP contribution >= 0.6 is 0 Å². The van der Waals surface area contributed by atoms with Gasteiger partial charge in [0.1, 0.15) is 18.0 Å². The first kappa shape index (κ1) is 18.8. The molecule has 2 atom stereocenters. The number of morpholine rings is 1. The van der Waals surface area contributed by atoms with Crippen molar-refractivity contribution in [1.82, 2.24) is 15.3 Å². The fourth-order valence-corrected chi connectivity index (χ4v) is 3.38. The molecule has 2 aliphatic rings. The normalized spacial score (nSPS) is 22.4. The lowest BCUT2D eigenvalue weighted by Gasteiger charge is -2.35. The first-order valence-electron chi connectivity index (χ1n) is 9.50. The van der Waals surface area contributed by atoms with Crippen molar-refractivity contribution in [3.8, 4) is 0 Å². The topological polar surface area (TPSA) is 96.6 Å². The van der Waals surface area contributed by atoms with Crippen LogP contribution in [0.25, 0.3) is 0 Å². The Bertz CT molecular complexity index is 605. The van der Waals surface area contributed by atoms with Gasteiger partial charge in [0.15, 0.2) is 0 Å². The number of anilines is 2. The van der Waals surface area contributed by atoms with Crippen LogP contribution < -0.4 is 20.9 Å².